The van der Waals surface area contributed by atoms with Crippen LogP contribution in [0.25, 0.3) is 0 Å². The Balaban J connectivity index is 2.05. The number of benzene rings is 1. The van der Waals surface area contributed by atoms with Crippen molar-refractivity contribution in [3.63, 3.8) is 0 Å². The maximum absolute atomic E-state index is 12.2. The van der Waals surface area contributed by atoms with Crippen molar-refractivity contribution in [2.24, 2.45) is 5.73 Å². The van der Waals surface area contributed by atoms with E-state index < -0.39 is 6.04 Å². The van der Waals surface area contributed by atoms with Crippen LogP contribution in [0.5, 0.6) is 0 Å². The molecule has 1 aromatic carbocycles. The van der Waals surface area contributed by atoms with Gasteiger partial charge < -0.3 is 21.3 Å². The molecule has 7 heteroatoms. The van der Waals surface area contributed by atoms with Crippen LogP contribution in [0.15, 0.2) is 30.3 Å². The highest BCUT2D eigenvalue weighted by Gasteiger charge is 2.39. The van der Waals surface area contributed by atoms with Crippen molar-refractivity contribution in [1.29, 1.82) is 0 Å². The monoisotopic (exact) mass is 318 g/mol. The molecule has 0 aliphatic carbocycles. The minimum atomic E-state index is -0.591. The molecule has 0 radical (unpaired) electrons. The molecule has 2 atom stereocenters. The Hall–Kier alpha value is -2.41. The molecule has 1 aliphatic heterocycles. The number of amides is 3. The molecule has 1 fully saturated rings. The minimum absolute atomic E-state index is 0.157. The molecule has 0 unspecified atom stereocenters. The van der Waals surface area contributed by atoms with E-state index in [-0.39, 0.29) is 36.9 Å². The summed E-state index contributed by atoms with van der Waals surface area (Å²) in [7, 11) is 0. The quantitative estimate of drug-likeness (QED) is 0.679. The number of nitrogens with zero attached hydrogens (tertiary/aromatic N) is 1. The van der Waals surface area contributed by atoms with Crippen molar-refractivity contribution >= 4 is 17.7 Å². The topological polar surface area (TPSA) is 105 Å². The molecule has 7 nitrogen and oxygen atoms in total. The number of likely N-dealkylation sites (tertiary alicyclic amines) is 1. The van der Waals surface area contributed by atoms with Gasteiger partial charge in [-0.25, -0.2) is 0 Å². The molecule has 1 saturated heterocycles. The summed E-state index contributed by atoms with van der Waals surface area (Å²) in [6.07, 6.45) is 0.385. The maximum atomic E-state index is 12.2. The molecular weight excluding hydrogens is 296 g/mol. The third kappa shape index (κ3) is 4.07. The number of rotatable bonds is 5. The van der Waals surface area contributed by atoms with E-state index in [0.29, 0.717) is 18.5 Å². The van der Waals surface area contributed by atoms with Crippen LogP contribution in [0, 0.1) is 0 Å². The van der Waals surface area contributed by atoms with Gasteiger partial charge in [0.25, 0.3) is 5.91 Å². The van der Waals surface area contributed by atoms with Gasteiger partial charge >= 0.3 is 0 Å². The molecule has 2 rings (SSSR count). The maximum Gasteiger partial charge on any atom is 0.251 e. The van der Waals surface area contributed by atoms with E-state index in [2.05, 4.69) is 10.6 Å². The second kappa shape index (κ2) is 7.73. The Morgan fingerprint density at radius 3 is 2.57 bits per heavy atom. The van der Waals surface area contributed by atoms with E-state index in [1.54, 1.807) is 24.3 Å². The molecule has 4 N–H and O–H groups in total. The summed E-state index contributed by atoms with van der Waals surface area (Å²) >= 11 is 0. The third-order valence-electron chi connectivity index (χ3n) is 3.82. The number of hydrogen-bond acceptors (Lipinski definition) is 4. The number of carbonyl (C=O) groups excluding carboxylic acids is 3. The number of nitrogens with one attached hydrogen (secondary N) is 2. The predicted octanol–water partition coefficient (Wildman–Crippen LogP) is -0.519. The Kier molecular flexibility index (Phi) is 5.70. The number of carbonyl (C=O) groups is 3. The highest BCUT2D eigenvalue weighted by Crippen LogP contribution is 2.19. The van der Waals surface area contributed by atoms with Crippen LogP contribution in [0.1, 0.15) is 23.7 Å². The zero-order valence-electron chi connectivity index (χ0n) is 13.1. The van der Waals surface area contributed by atoms with Gasteiger partial charge in [0, 0.05) is 24.7 Å². The first-order chi connectivity index (χ1) is 11.1. The van der Waals surface area contributed by atoms with Crippen molar-refractivity contribution in [2.45, 2.75) is 25.4 Å². The van der Waals surface area contributed by atoms with Crippen LogP contribution >= 0.6 is 0 Å². The smallest absolute Gasteiger partial charge is 0.251 e. The molecule has 1 aliphatic rings. The molecule has 1 aromatic rings. The molecule has 0 aromatic heterocycles. The molecule has 0 bridgehead atoms. The van der Waals surface area contributed by atoms with E-state index in [1.807, 2.05) is 13.0 Å². The molecular formula is C16H22N4O3. The molecule has 1 heterocycles. The van der Waals surface area contributed by atoms with Gasteiger partial charge in [0.05, 0.1) is 6.54 Å². The number of hydrogen-bond donors (Lipinski definition) is 3. The first-order valence-corrected chi connectivity index (χ1v) is 7.70. The van der Waals surface area contributed by atoms with Gasteiger partial charge in [-0.05, 0) is 25.5 Å². The highest BCUT2D eigenvalue weighted by atomic mass is 16.2. The number of likely N-dealkylation sites (N-methyl/N-ethyl adjacent to an activating group) is 1. The lowest BCUT2D eigenvalue weighted by Crippen LogP contribution is -2.47. The van der Waals surface area contributed by atoms with Gasteiger partial charge in [0.15, 0.2) is 0 Å². The average molecular weight is 318 g/mol. The van der Waals surface area contributed by atoms with Crippen molar-refractivity contribution in [3.8, 4) is 0 Å². The fourth-order valence-corrected chi connectivity index (χ4v) is 2.73. The van der Waals surface area contributed by atoms with E-state index in [9.17, 15) is 14.4 Å². The summed E-state index contributed by atoms with van der Waals surface area (Å²) in [5.74, 6) is -0.726. The normalized spacial score (nSPS) is 20.2. The van der Waals surface area contributed by atoms with Crippen LogP contribution in [0.3, 0.4) is 0 Å². The lowest BCUT2D eigenvalue weighted by molar-refractivity contribution is -0.137. The van der Waals surface area contributed by atoms with Gasteiger partial charge in [-0.15, -0.1) is 0 Å². The van der Waals surface area contributed by atoms with E-state index in [0.717, 1.165) is 0 Å². The SMILES string of the molecule is CCNC(=O)[C@@H]1C[C@@H](NC(=O)c2ccccc2)CN1C(=O)CN. The first kappa shape index (κ1) is 17.0. The van der Waals surface area contributed by atoms with E-state index >= 15 is 0 Å². The Bertz CT molecular complexity index is 576. The van der Waals surface area contributed by atoms with Crippen molar-refractivity contribution in [1.82, 2.24) is 15.5 Å². The van der Waals surface area contributed by atoms with Crippen LogP contribution in [0.2, 0.25) is 0 Å². The molecule has 23 heavy (non-hydrogen) atoms. The molecule has 0 saturated carbocycles. The number of nitrogens with two attached hydrogens (primary N) is 1. The summed E-state index contributed by atoms with van der Waals surface area (Å²) in [6.45, 7) is 2.43. The predicted molar refractivity (Wildman–Crippen MR) is 85.6 cm³/mol. The van der Waals surface area contributed by atoms with Crippen molar-refractivity contribution in [2.75, 3.05) is 19.6 Å². The zero-order valence-corrected chi connectivity index (χ0v) is 13.1. The van der Waals surface area contributed by atoms with Crippen LogP contribution in [0.4, 0.5) is 0 Å². The lowest BCUT2D eigenvalue weighted by atomic mass is 10.1. The standard InChI is InChI=1S/C16H22N4O3/c1-2-18-16(23)13-8-12(10-20(13)14(21)9-17)19-15(22)11-6-4-3-5-7-11/h3-7,12-13H,2,8-10,17H2,1H3,(H,18,23)(H,19,22)/t12-,13+/m1/s1. The summed E-state index contributed by atoms with van der Waals surface area (Å²) in [5, 5.41) is 5.59. The molecule has 0 spiro atoms. The van der Waals surface area contributed by atoms with Gasteiger partial charge in [-0.1, -0.05) is 18.2 Å². The molecule has 3 amide bonds. The minimum Gasteiger partial charge on any atom is -0.355 e. The van der Waals surface area contributed by atoms with Crippen LogP contribution < -0.4 is 16.4 Å². The lowest BCUT2D eigenvalue weighted by Gasteiger charge is -2.22. The Morgan fingerprint density at radius 1 is 1.26 bits per heavy atom. The Labute approximate surface area is 135 Å². The van der Waals surface area contributed by atoms with Gasteiger partial charge in [-0.3, -0.25) is 14.4 Å². The summed E-state index contributed by atoms with van der Waals surface area (Å²) in [5.41, 5.74) is 5.96. The van der Waals surface area contributed by atoms with Gasteiger partial charge in [0.1, 0.15) is 6.04 Å². The van der Waals surface area contributed by atoms with Crippen LogP contribution in [-0.2, 0) is 9.59 Å². The highest BCUT2D eigenvalue weighted by molar-refractivity contribution is 5.95. The largest absolute Gasteiger partial charge is 0.355 e. The van der Waals surface area contributed by atoms with Crippen molar-refractivity contribution in [3.05, 3.63) is 35.9 Å². The second-order valence-electron chi connectivity index (χ2n) is 5.43. The fourth-order valence-electron chi connectivity index (χ4n) is 2.73. The van der Waals surface area contributed by atoms with E-state index in [4.69, 9.17) is 5.73 Å². The summed E-state index contributed by atoms with van der Waals surface area (Å²) < 4.78 is 0. The Morgan fingerprint density at radius 2 is 1.96 bits per heavy atom. The van der Waals surface area contributed by atoms with Crippen LogP contribution in [-0.4, -0.2) is 54.3 Å². The second-order valence-corrected chi connectivity index (χ2v) is 5.43. The first-order valence-electron chi connectivity index (χ1n) is 7.70. The van der Waals surface area contributed by atoms with Gasteiger partial charge in [-0.2, -0.15) is 0 Å². The molecule has 124 valence electrons. The van der Waals surface area contributed by atoms with Crippen molar-refractivity contribution < 1.29 is 14.4 Å². The van der Waals surface area contributed by atoms with Gasteiger partial charge in [0.2, 0.25) is 11.8 Å². The third-order valence-corrected chi connectivity index (χ3v) is 3.82. The summed E-state index contributed by atoms with van der Waals surface area (Å²) in [4.78, 5) is 37.7. The zero-order chi connectivity index (χ0) is 16.8. The average Bonchev–Trinajstić information content (AvgIpc) is 2.99. The fraction of sp³-hybridized carbons (Fsp3) is 0.438. The van der Waals surface area contributed by atoms with E-state index in [1.165, 1.54) is 4.90 Å². The summed E-state index contributed by atoms with van der Waals surface area (Å²) in [6, 6.07) is 7.97.